The number of furan rings is 1. The molecule has 0 N–H and O–H groups in total. The fraction of sp³-hybridized carbons (Fsp3) is 0.217. The van der Waals surface area contributed by atoms with Gasteiger partial charge in [0.05, 0.1) is 12.6 Å². The van der Waals surface area contributed by atoms with Gasteiger partial charge in [-0.3, -0.25) is 4.79 Å². The number of carbonyl (C=O) groups excluding carboxylic acids is 1. The second-order valence-corrected chi connectivity index (χ2v) is 7.31. The number of piperazine rings is 1. The molecule has 0 bridgehead atoms. The topological polar surface area (TPSA) is 58.8 Å². The zero-order chi connectivity index (χ0) is 20.7. The van der Waals surface area contributed by atoms with E-state index in [1.54, 1.807) is 30.2 Å². The minimum absolute atomic E-state index is 0.145. The number of rotatable bonds is 3. The lowest BCUT2D eigenvalue weighted by atomic mass is 10.2. The van der Waals surface area contributed by atoms with E-state index in [1.807, 2.05) is 24.3 Å². The van der Waals surface area contributed by atoms with E-state index in [-0.39, 0.29) is 17.5 Å². The molecule has 1 fully saturated rings. The molecule has 5 rings (SSSR count). The maximum atomic E-state index is 13.1. The van der Waals surface area contributed by atoms with Crippen LogP contribution in [0.2, 0.25) is 0 Å². The van der Waals surface area contributed by atoms with Gasteiger partial charge < -0.3 is 19.0 Å². The molecule has 1 aliphatic heterocycles. The van der Waals surface area contributed by atoms with Crippen LogP contribution in [0.4, 0.5) is 10.1 Å². The van der Waals surface area contributed by atoms with Crippen molar-refractivity contribution < 1.29 is 18.3 Å². The first-order valence-corrected chi connectivity index (χ1v) is 9.79. The SMILES string of the molecule is COc1ccc2nc3oc(C(=O)N4CCN(c5ccc(F)cc5)CC4)cc3cc2c1. The van der Waals surface area contributed by atoms with Gasteiger partial charge in [-0.1, -0.05) is 0 Å². The van der Waals surface area contributed by atoms with Gasteiger partial charge in [0.15, 0.2) is 5.76 Å². The molecule has 30 heavy (non-hydrogen) atoms. The molecule has 0 atom stereocenters. The van der Waals surface area contributed by atoms with Gasteiger partial charge in [0.25, 0.3) is 5.91 Å². The van der Waals surface area contributed by atoms with E-state index < -0.39 is 0 Å². The van der Waals surface area contributed by atoms with Crippen molar-refractivity contribution in [1.82, 2.24) is 9.88 Å². The number of hydrogen-bond donors (Lipinski definition) is 0. The molecule has 1 amide bonds. The highest BCUT2D eigenvalue weighted by molar-refractivity contribution is 5.98. The summed E-state index contributed by atoms with van der Waals surface area (Å²) in [6, 6.07) is 15.7. The molecule has 0 radical (unpaired) electrons. The summed E-state index contributed by atoms with van der Waals surface area (Å²) >= 11 is 0. The second-order valence-electron chi connectivity index (χ2n) is 7.31. The molecule has 152 valence electrons. The van der Waals surface area contributed by atoms with Crippen molar-refractivity contribution in [3.63, 3.8) is 0 Å². The van der Waals surface area contributed by atoms with E-state index in [0.29, 0.717) is 31.9 Å². The number of carbonyl (C=O) groups is 1. The highest BCUT2D eigenvalue weighted by Crippen LogP contribution is 2.26. The molecule has 6 nitrogen and oxygen atoms in total. The number of methoxy groups -OCH3 is 1. The number of benzene rings is 2. The molecule has 0 aliphatic carbocycles. The number of hydrogen-bond acceptors (Lipinski definition) is 5. The van der Waals surface area contributed by atoms with Crippen molar-refractivity contribution in [3.8, 4) is 5.75 Å². The molecule has 4 aromatic rings. The summed E-state index contributed by atoms with van der Waals surface area (Å²) in [6.07, 6.45) is 0. The molecule has 3 heterocycles. The minimum Gasteiger partial charge on any atom is -0.497 e. The van der Waals surface area contributed by atoms with Crippen LogP contribution in [0, 0.1) is 5.82 Å². The summed E-state index contributed by atoms with van der Waals surface area (Å²) < 4.78 is 24.2. The smallest absolute Gasteiger partial charge is 0.289 e. The number of pyridine rings is 1. The Morgan fingerprint density at radius 2 is 1.77 bits per heavy atom. The Morgan fingerprint density at radius 1 is 1.00 bits per heavy atom. The Hall–Kier alpha value is -3.61. The van der Waals surface area contributed by atoms with Crippen LogP contribution in [0.25, 0.3) is 22.0 Å². The molecular formula is C23H20FN3O3. The Bertz CT molecular complexity index is 1230. The predicted molar refractivity (Wildman–Crippen MR) is 113 cm³/mol. The minimum atomic E-state index is -0.253. The van der Waals surface area contributed by atoms with Crippen LogP contribution in [0.15, 0.2) is 59.0 Å². The number of nitrogens with zero attached hydrogens (tertiary/aromatic N) is 3. The van der Waals surface area contributed by atoms with E-state index in [1.165, 1.54) is 12.1 Å². The van der Waals surface area contributed by atoms with E-state index in [0.717, 1.165) is 27.7 Å². The average Bonchev–Trinajstić information content (AvgIpc) is 3.20. The van der Waals surface area contributed by atoms with Crippen molar-refractivity contribution >= 4 is 33.6 Å². The number of anilines is 1. The Balaban J connectivity index is 1.34. The second kappa shape index (κ2) is 7.33. The van der Waals surface area contributed by atoms with Gasteiger partial charge in [-0.15, -0.1) is 0 Å². The lowest BCUT2D eigenvalue weighted by molar-refractivity contribution is 0.0717. The van der Waals surface area contributed by atoms with Gasteiger partial charge in [0.2, 0.25) is 5.71 Å². The fourth-order valence-electron chi connectivity index (χ4n) is 3.82. The summed E-state index contributed by atoms with van der Waals surface area (Å²) in [4.78, 5) is 21.4. The predicted octanol–water partition coefficient (Wildman–Crippen LogP) is 4.09. The van der Waals surface area contributed by atoms with Gasteiger partial charge in [-0.25, -0.2) is 9.37 Å². The monoisotopic (exact) mass is 405 g/mol. The summed E-state index contributed by atoms with van der Waals surface area (Å²) in [6.45, 7) is 2.50. The van der Waals surface area contributed by atoms with Gasteiger partial charge in [0.1, 0.15) is 11.6 Å². The highest BCUT2D eigenvalue weighted by atomic mass is 19.1. The third-order valence-corrected chi connectivity index (χ3v) is 5.48. The summed E-state index contributed by atoms with van der Waals surface area (Å²) in [7, 11) is 1.62. The van der Waals surface area contributed by atoms with E-state index in [9.17, 15) is 9.18 Å². The quantitative estimate of drug-likeness (QED) is 0.514. The van der Waals surface area contributed by atoms with Gasteiger partial charge >= 0.3 is 0 Å². The van der Waals surface area contributed by atoms with E-state index in [2.05, 4.69) is 9.88 Å². The Morgan fingerprint density at radius 3 is 2.50 bits per heavy atom. The van der Waals surface area contributed by atoms with Crippen molar-refractivity contribution in [3.05, 3.63) is 66.2 Å². The van der Waals surface area contributed by atoms with Gasteiger partial charge in [-0.2, -0.15) is 0 Å². The number of halogens is 1. The van der Waals surface area contributed by atoms with Crippen LogP contribution in [-0.4, -0.2) is 49.1 Å². The highest BCUT2D eigenvalue weighted by Gasteiger charge is 2.25. The first-order chi connectivity index (χ1) is 14.6. The number of fused-ring (bicyclic) bond motifs is 2. The molecule has 2 aromatic heterocycles. The van der Waals surface area contributed by atoms with Crippen LogP contribution in [0.3, 0.4) is 0 Å². The van der Waals surface area contributed by atoms with Crippen molar-refractivity contribution in [2.24, 2.45) is 0 Å². The van der Waals surface area contributed by atoms with Crippen LogP contribution >= 0.6 is 0 Å². The average molecular weight is 405 g/mol. The summed E-state index contributed by atoms with van der Waals surface area (Å²) in [5.74, 6) is 0.642. The zero-order valence-electron chi connectivity index (χ0n) is 16.5. The van der Waals surface area contributed by atoms with Crippen LogP contribution in [-0.2, 0) is 0 Å². The Labute approximate surface area is 172 Å². The number of aromatic nitrogens is 1. The molecule has 7 heteroatoms. The summed E-state index contributed by atoms with van der Waals surface area (Å²) in [5, 5.41) is 1.71. The maximum Gasteiger partial charge on any atom is 0.289 e. The lowest BCUT2D eigenvalue weighted by Gasteiger charge is -2.35. The first-order valence-electron chi connectivity index (χ1n) is 9.79. The third-order valence-electron chi connectivity index (χ3n) is 5.48. The number of amides is 1. The van der Waals surface area contributed by atoms with Crippen molar-refractivity contribution in [2.45, 2.75) is 0 Å². The largest absolute Gasteiger partial charge is 0.497 e. The van der Waals surface area contributed by atoms with Gasteiger partial charge in [0, 0.05) is 42.6 Å². The zero-order valence-corrected chi connectivity index (χ0v) is 16.5. The normalized spacial score (nSPS) is 14.5. The lowest BCUT2D eigenvalue weighted by Crippen LogP contribution is -2.48. The maximum absolute atomic E-state index is 13.1. The molecule has 1 aliphatic rings. The molecule has 0 spiro atoms. The molecular weight excluding hydrogens is 385 g/mol. The van der Waals surface area contributed by atoms with Crippen LogP contribution < -0.4 is 9.64 Å². The van der Waals surface area contributed by atoms with Crippen LogP contribution in [0.1, 0.15) is 10.6 Å². The van der Waals surface area contributed by atoms with E-state index >= 15 is 0 Å². The van der Waals surface area contributed by atoms with Crippen molar-refractivity contribution in [1.29, 1.82) is 0 Å². The molecule has 0 unspecified atom stereocenters. The fourth-order valence-corrected chi connectivity index (χ4v) is 3.82. The molecule has 2 aromatic carbocycles. The van der Waals surface area contributed by atoms with Crippen molar-refractivity contribution in [2.75, 3.05) is 38.2 Å². The Kier molecular flexibility index (Phi) is 4.50. The number of ether oxygens (including phenoxy) is 1. The third kappa shape index (κ3) is 3.32. The standard InChI is InChI=1S/C23H20FN3O3/c1-29-19-6-7-20-15(13-19)12-16-14-21(30-22(16)25-20)23(28)27-10-8-26(9-11-27)18-4-2-17(24)3-5-18/h2-7,12-14H,8-11H2,1H3. The molecule has 1 saturated heterocycles. The summed E-state index contributed by atoms with van der Waals surface area (Å²) in [5.41, 5.74) is 2.18. The van der Waals surface area contributed by atoms with Gasteiger partial charge in [-0.05, 0) is 54.6 Å². The first kappa shape index (κ1) is 18.4. The van der Waals surface area contributed by atoms with Crippen LogP contribution in [0.5, 0.6) is 5.75 Å². The molecule has 0 saturated carbocycles. The van der Waals surface area contributed by atoms with E-state index in [4.69, 9.17) is 9.15 Å².